The van der Waals surface area contributed by atoms with Crippen molar-refractivity contribution in [3.8, 4) is 21.8 Å². The molecule has 4 aromatic rings. The highest BCUT2D eigenvalue weighted by molar-refractivity contribution is 7.15. The summed E-state index contributed by atoms with van der Waals surface area (Å²) in [6.45, 7) is 5.56. The molecule has 4 heterocycles. The van der Waals surface area contributed by atoms with Gasteiger partial charge in [-0.2, -0.15) is 0 Å². The average Bonchev–Trinajstić information content (AvgIpc) is 3.18. The molecule has 0 aliphatic rings. The van der Waals surface area contributed by atoms with Crippen molar-refractivity contribution in [2.75, 3.05) is 5.32 Å². The summed E-state index contributed by atoms with van der Waals surface area (Å²) in [6, 6.07) is 5.75. The van der Waals surface area contributed by atoms with Crippen LogP contribution in [0.2, 0.25) is 0 Å². The fourth-order valence-electron chi connectivity index (χ4n) is 2.94. The molecule has 130 valence electrons. The number of amides is 1. The predicted molar refractivity (Wildman–Crippen MR) is 104 cm³/mol. The molecule has 6 nitrogen and oxygen atoms in total. The molecule has 0 radical (unpaired) electrons. The monoisotopic (exact) mass is 363 g/mol. The zero-order valence-electron chi connectivity index (χ0n) is 14.6. The van der Waals surface area contributed by atoms with Crippen molar-refractivity contribution < 1.29 is 4.79 Å². The van der Waals surface area contributed by atoms with Gasteiger partial charge in [-0.1, -0.05) is 0 Å². The largest absolute Gasteiger partial charge is 0.352 e. The Kier molecular flexibility index (Phi) is 4.00. The molecule has 0 saturated carbocycles. The summed E-state index contributed by atoms with van der Waals surface area (Å²) in [4.78, 5) is 29.4. The van der Waals surface area contributed by atoms with Gasteiger partial charge >= 0.3 is 0 Å². The van der Waals surface area contributed by atoms with Gasteiger partial charge < -0.3 is 10.3 Å². The minimum Gasteiger partial charge on any atom is -0.352 e. The number of H-pyrrole nitrogens is 1. The molecular weight excluding hydrogens is 346 g/mol. The van der Waals surface area contributed by atoms with Crippen molar-refractivity contribution in [1.29, 1.82) is 0 Å². The minimum atomic E-state index is -0.153. The van der Waals surface area contributed by atoms with Gasteiger partial charge in [0.05, 0.1) is 22.3 Å². The highest BCUT2D eigenvalue weighted by Crippen LogP contribution is 2.40. The number of pyridine rings is 2. The Hall–Kier alpha value is -3.06. The van der Waals surface area contributed by atoms with Crippen molar-refractivity contribution in [3.63, 3.8) is 0 Å². The summed E-state index contributed by atoms with van der Waals surface area (Å²) in [7, 11) is 0. The van der Waals surface area contributed by atoms with Crippen LogP contribution in [0.5, 0.6) is 0 Å². The minimum absolute atomic E-state index is 0.153. The second-order valence-corrected chi connectivity index (χ2v) is 7.35. The van der Waals surface area contributed by atoms with Crippen molar-refractivity contribution >= 4 is 34.1 Å². The zero-order chi connectivity index (χ0) is 18.3. The van der Waals surface area contributed by atoms with Crippen molar-refractivity contribution in [2.45, 2.75) is 20.8 Å². The fraction of sp³-hybridized carbons (Fsp3) is 0.158. The van der Waals surface area contributed by atoms with Crippen LogP contribution in [0.3, 0.4) is 0 Å². The van der Waals surface area contributed by atoms with E-state index in [-0.39, 0.29) is 5.91 Å². The third-order valence-electron chi connectivity index (χ3n) is 4.08. The molecule has 0 spiro atoms. The molecule has 2 N–H and O–H groups in total. The Morgan fingerprint density at radius 1 is 1.15 bits per heavy atom. The number of fused-ring (bicyclic) bond motifs is 1. The highest BCUT2D eigenvalue weighted by Gasteiger charge is 2.20. The molecule has 0 aliphatic heterocycles. The molecule has 4 aromatic heterocycles. The summed E-state index contributed by atoms with van der Waals surface area (Å²) >= 11 is 1.63. The van der Waals surface area contributed by atoms with E-state index in [1.54, 1.807) is 17.5 Å². The molecule has 26 heavy (non-hydrogen) atoms. The van der Waals surface area contributed by atoms with E-state index < -0.39 is 0 Å². The van der Waals surface area contributed by atoms with Gasteiger partial charge in [-0.25, -0.2) is 9.97 Å². The molecule has 1 amide bonds. The number of nitrogens with zero attached hydrogens (tertiary/aromatic N) is 3. The van der Waals surface area contributed by atoms with E-state index in [9.17, 15) is 4.79 Å². The molecule has 0 atom stereocenters. The van der Waals surface area contributed by atoms with Crippen LogP contribution in [-0.4, -0.2) is 25.8 Å². The first-order valence-corrected chi connectivity index (χ1v) is 8.98. The molecule has 0 aromatic carbocycles. The summed E-state index contributed by atoms with van der Waals surface area (Å²) in [5, 5.41) is 3.65. The maximum Gasteiger partial charge on any atom is 0.222 e. The van der Waals surface area contributed by atoms with Crippen LogP contribution in [0.25, 0.3) is 32.9 Å². The van der Waals surface area contributed by atoms with E-state index in [2.05, 4.69) is 32.2 Å². The van der Waals surface area contributed by atoms with Crippen molar-refractivity contribution in [3.05, 3.63) is 47.2 Å². The Morgan fingerprint density at radius 2 is 1.96 bits per heavy atom. The Balaban J connectivity index is 1.98. The number of hydrogen-bond donors (Lipinski definition) is 2. The standard InChI is InChI=1S/C19H17N5OS/c1-10-4-6-21-18-15(19-22-9-11(2)26-19)17(24-16(10)18)13-5-7-20-14(8-13)23-12(3)25/h4-9,24H,1-3H3,(H,20,23,25). The van der Waals surface area contributed by atoms with Crippen LogP contribution in [0, 0.1) is 13.8 Å². The highest BCUT2D eigenvalue weighted by atomic mass is 32.1. The first-order valence-electron chi connectivity index (χ1n) is 8.17. The SMILES string of the molecule is CC(=O)Nc1cc(-c2[nH]c3c(C)ccnc3c2-c2ncc(C)s2)ccn1. The zero-order valence-corrected chi connectivity index (χ0v) is 15.4. The lowest BCUT2D eigenvalue weighted by Gasteiger charge is -2.05. The molecule has 0 fully saturated rings. The van der Waals surface area contributed by atoms with Crippen molar-refractivity contribution in [2.24, 2.45) is 0 Å². The average molecular weight is 363 g/mol. The van der Waals surface area contributed by atoms with Gasteiger partial charge in [0.1, 0.15) is 10.8 Å². The first-order chi connectivity index (χ1) is 12.5. The number of hydrogen-bond acceptors (Lipinski definition) is 5. The van der Waals surface area contributed by atoms with E-state index in [0.717, 1.165) is 43.3 Å². The lowest BCUT2D eigenvalue weighted by Crippen LogP contribution is -2.07. The van der Waals surface area contributed by atoms with E-state index in [0.29, 0.717) is 5.82 Å². The Morgan fingerprint density at radius 3 is 2.69 bits per heavy atom. The smallest absolute Gasteiger partial charge is 0.222 e. The summed E-state index contributed by atoms with van der Waals surface area (Å²) in [5.74, 6) is 0.360. The van der Waals surface area contributed by atoms with Crippen LogP contribution in [0.4, 0.5) is 5.82 Å². The molecule has 0 aliphatic carbocycles. The maximum absolute atomic E-state index is 11.4. The number of thiazole rings is 1. The van der Waals surface area contributed by atoms with Crippen molar-refractivity contribution in [1.82, 2.24) is 19.9 Å². The van der Waals surface area contributed by atoms with Crippen LogP contribution >= 0.6 is 11.3 Å². The predicted octanol–water partition coefficient (Wildman–Crippen LogP) is 4.32. The van der Waals surface area contributed by atoms with E-state index in [1.165, 1.54) is 6.92 Å². The molecule has 7 heteroatoms. The third-order valence-corrected chi connectivity index (χ3v) is 5.01. The summed E-state index contributed by atoms with van der Waals surface area (Å²) < 4.78 is 0. The number of anilines is 1. The maximum atomic E-state index is 11.4. The first kappa shape index (κ1) is 16.4. The van der Waals surface area contributed by atoms with E-state index in [4.69, 9.17) is 0 Å². The normalized spacial score (nSPS) is 11.0. The van der Waals surface area contributed by atoms with Gasteiger partial charge in [-0.15, -0.1) is 11.3 Å². The number of aryl methyl sites for hydroxylation is 2. The van der Waals surface area contributed by atoms with Gasteiger partial charge in [0, 0.05) is 36.0 Å². The fourth-order valence-corrected chi connectivity index (χ4v) is 3.76. The summed E-state index contributed by atoms with van der Waals surface area (Å²) in [5.41, 5.74) is 5.82. The van der Waals surface area contributed by atoms with Gasteiger partial charge in [0.25, 0.3) is 0 Å². The third kappa shape index (κ3) is 2.86. The second-order valence-electron chi connectivity index (χ2n) is 6.11. The molecule has 4 rings (SSSR count). The topological polar surface area (TPSA) is 83.6 Å². The number of carbonyl (C=O) groups is 1. The van der Waals surface area contributed by atoms with Gasteiger partial charge in [0.2, 0.25) is 5.91 Å². The molecular formula is C19H17N5OS. The van der Waals surface area contributed by atoms with Crippen LogP contribution in [0.1, 0.15) is 17.4 Å². The van der Waals surface area contributed by atoms with Crippen LogP contribution in [-0.2, 0) is 4.79 Å². The van der Waals surface area contributed by atoms with Gasteiger partial charge in [-0.3, -0.25) is 9.78 Å². The number of aromatic amines is 1. The van der Waals surface area contributed by atoms with E-state index >= 15 is 0 Å². The molecule has 0 bridgehead atoms. The van der Waals surface area contributed by atoms with Crippen LogP contribution in [0.15, 0.2) is 36.8 Å². The van der Waals surface area contributed by atoms with Crippen LogP contribution < -0.4 is 5.32 Å². The van der Waals surface area contributed by atoms with E-state index in [1.807, 2.05) is 37.5 Å². The quantitative estimate of drug-likeness (QED) is 0.568. The summed E-state index contributed by atoms with van der Waals surface area (Å²) in [6.07, 6.45) is 5.37. The number of rotatable bonds is 3. The molecule has 0 saturated heterocycles. The second kappa shape index (κ2) is 6.34. The Bertz CT molecular complexity index is 1130. The lowest BCUT2D eigenvalue weighted by molar-refractivity contribution is -0.114. The number of nitrogens with one attached hydrogen (secondary N) is 2. The lowest BCUT2D eigenvalue weighted by atomic mass is 10.1. The number of carbonyl (C=O) groups excluding carboxylic acids is 1. The van der Waals surface area contributed by atoms with Gasteiger partial charge in [-0.05, 0) is 37.6 Å². The molecule has 0 unspecified atom stereocenters. The Labute approximate surface area is 154 Å². The number of aromatic nitrogens is 4. The van der Waals surface area contributed by atoms with Gasteiger partial charge in [0.15, 0.2) is 0 Å².